The molecule has 0 atom stereocenters. The van der Waals surface area contributed by atoms with Gasteiger partial charge in [0.1, 0.15) is 0 Å². The molecule has 0 bridgehead atoms. The zero-order valence-corrected chi connectivity index (χ0v) is 23.2. The van der Waals surface area contributed by atoms with Crippen LogP contribution in [0.4, 0.5) is 0 Å². The monoisotopic (exact) mass is 514 g/mol. The maximum atomic E-state index is 12.2. The topological polar surface area (TPSA) is 52.6 Å². The molecule has 2 aromatic carbocycles. The molecular formula is C34H42O4. The number of benzene rings is 2. The molecule has 0 heterocycles. The second-order valence-electron chi connectivity index (χ2n) is 9.46. The molecule has 0 fully saturated rings. The Labute approximate surface area is 229 Å². The van der Waals surface area contributed by atoms with Crippen LogP contribution in [-0.4, -0.2) is 25.2 Å². The molecule has 2 aromatic rings. The fourth-order valence-corrected chi connectivity index (χ4v) is 3.85. The summed E-state index contributed by atoms with van der Waals surface area (Å²) >= 11 is 0. The van der Waals surface area contributed by atoms with Crippen LogP contribution in [0.25, 0.3) is 0 Å². The van der Waals surface area contributed by atoms with Gasteiger partial charge < -0.3 is 9.47 Å². The highest BCUT2D eigenvalue weighted by molar-refractivity contribution is 5.90. The number of rotatable bonds is 16. The highest BCUT2D eigenvalue weighted by Gasteiger charge is 2.07. The molecule has 0 amide bonds. The zero-order chi connectivity index (χ0) is 27.3. The van der Waals surface area contributed by atoms with E-state index in [1.165, 1.54) is 51.4 Å². The standard InChI is InChI=1S/C34H42O4/c1-3-5-7-9-11-15-27-37-33(35)31-23-19-29(20-24-31)17-13-14-18-30-21-25-32(26-22-30)34(36)38-28-16-12-10-8-6-4-2/h19-26H,3-12,15-16,27-28H2,1-2H3. The molecule has 4 heteroatoms. The fraction of sp³-hybridized carbons (Fsp3) is 0.471. The lowest BCUT2D eigenvalue weighted by Gasteiger charge is -2.05. The summed E-state index contributed by atoms with van der Waals surface area (Å²) in [5.41, 5.74) is 2.60. The minimum absolute atomic E-state index is 0.299. The molecule has 0 N–H and O–H groups in total. The van der Waals surface area contributed by atoms with E-state index in [1.807, 2.05) is 0 Å². The van der Waals surface area contributed by atoms with Crippen LogP contribution < -0.4 is 0 Å². The van der Waals surface area contributed by atoms with Crippen LogP contribution in [0.3, 0.4) is 0 Å². The number of carbonyl (C=O) groups excluding carboxylic acids is 2. The van der Waals surface area contributed by atoms with Gasteiger partial charge in [0.2, 0.25) is 0 Å². The van der Waals surface area contributed by atoms with E-state index in [1.54, 1.807) is 48.5 Å². The van der Waals surface area contributed by atoms with Crippen LogP contribution >= 0.6 is 0 Å². The van der Waals surface area contributed by atoms with Gasteiger partial charge in [-0.25, -0.2) is 9.59 Å². The fourth-order valence-electron chi connectivity index (χ4n) is 3.85. The lowest BCUT2D eigenvalue weighted by atomic mass is 10.1. The van der Waals surface area contributed by atoms with Gasteiger partial charge in [-0.15, -0.1) is 0 Å². The van der Waals surface area contributed by atoms with E-state index in [0.717, 1.165) is 36.8 Å². The summed E-state index contributed by atoms with van der Waals surface area (Å²) in [5.74, 6) is 11.0. The average molecular weight is 515 g/mol. The molecule has 0 aliphatic heterocycles. The molecule has 202 valence electrons. The number of unbranched alkanes of at least 4 members (excludes halogenated alkanes) is 10. The van der Waals surface area contributed by atoms with Gasteiger partial charge in [-0.3, -0.25) is 0 Å². The second-order valence-corrected chi connectivity index (χ2v) is 9.46. The smallest absolute Gasteiger partial charge is 0.338 e. The molecule has 0 saturated heterocycles. The first-order valence-electron chi connectivity index (χ1n) is 14.2. The summed E-state index contributed by atoms with van der Waals surface area (Å²) in [6, 6.07) is 14.1. The molecule has 0 unspecified atom stereocenters. The van der Waals surface area contributed by atoms with Crippen molar-refractivity contribution >= 4 is 11.9 Å². The van der Waals surface area contributed by atoms with Gasteiger partial charge >= 0.3 is 11.9 Å². The average Bonchev–Trinajstić information content (AvgIpc) is 2.95. The predicted octanol–water partition coefficient (Wildman–Crippen LogP) is 8.12. The number of hydrogen-bond donors (Lipinski definition) is 0. The van der Waals surface area contributed by atoms with E-state index in [0.29, 0.717) is 24.3 Å². The maximum absolute atomic E-state index is 12.2. The van der Waals surface area contributed by atoms with Gasteiger partial charge in [-0.1, -0.05) is 89.9 Å². The van der Waals surface area contributed by atoms with Crippen LogP contribution in [0.2, 0.25) is 0 Å². The Balaban J connectivity index is 1.72. The van der Waals surface area contributed by atoms with Gasteiger partial charge in [0, 0.05) is 11.1 Å². The molecule has 0 aliphatic carbocycles. The lowest BCUT2D eigenvalue weighted by molar-refractivity contribution is 0.0488. The third kappa shape index (κ3) is 13.2. The number of esters is 2. The SMILES string of the molecule is CCCCCCCCOC(=O)c1ccc(C#CC#Cc2ccc(C(=O)OCCCCCCCC)cc2)cc1. The molecule has 38 heavy (non-hydrogen) atoms. The van der Waals surface area contributed by atoms with Crippen molar-refractivity contribution in [2.45, 2.75) is 90.9 Å². The molecule has 0 spiro atoms. The van der Waals surface area contributed by atoms with Crippen molar-refractivity contribution in [3.63, 3.8) is 0 Å². The van der Waals surface area contributed by atoms with E-state index in [4.69, 9.17) is 9.47 Å². The largest absolute Gasteiger partial charge is 0.462 e. The van der Waals surface area contributed by atoms with Crippen LogP contribution in [0, 0.1) is 23.7 Å². The van der Waals surface area contributed by atoms with Crippen molar-refractivity contribution < 1.29 is 19.1 Å². The summed E-state index contributed by atoms with van der Waals surface area (Å²) in [6.07, 6.45) is 13.9. The van der Waals surface area contributed by atoms with Crippen molar-refractivity contribution in [2.24, 2.45) is 0 Å². The lowest BCUT2D eigenvalue weighted by Crippen LogP contribution is -2.06. The summed E-state index contributed by atoms with van der Waals surface area (Å²) in [4.78, 5) is 24.3. The second kappa shape index (κ2) is 19.6. The van der Waals surface area contributed by atoms with Crippen molar-refractivity contribution in [1.29, 1.82) is 0 Å². The van der Waals surface area contributed by atoms with Crippen molar-refractivity contribution in [3.05, 3.63) is 70.8 Å². The minimum atomic E-state index is -0.299. The van der Waals surface area contributed by atoms with Crippen LogP contribution in [-0.2, 0) is 9.47 Å². The van der Waals surface area contributed by atoms with Gasteiger partial charge in [-0.2, -0.15) is 0 Å². The third-order valence-corrected chi connectivity index (χ3v) is 6.18. The maximum Gasteiger partial charge on any atom is 0.338 e. The number of hydrogen-bond acceptors (Lipinski definition) is 4. The third-order valence-electron chi connectivity index (χ3n) is 6.18. The van der Waals surface area contributed by atoms with E-state index in [2.05, 4.69) is 37.5 Å². The van der Waals surface area contributed by atoms with Gasteiger partial charge in [0.25, 0.3) is 0 Å². The summed E-state index contributed by atoms with van der Waals surface area (Å²) in [7, 11) is 0. The molecule has 0 aliphatic rings. The number of carbonyl (C=O) groups is 2. The molecule has 2 rings (SSSR count). The zero-order valence-electron chi connectivity index (χ0n) is 23.2. The summed E-state index contributed by atoms with van der Waals surface area (Å²) in [5, 5.41) is 0. The quantitative estimate of drug-likeness (QED) is 0.129. The highest BCUT2D eigenvalue weighted by atomic mass is 16.5. The molecule has 0 saturated carbocycles. The summed E-state index contributed by atoms with van der Waals surface area (Å²) in [6.45, 7) is 5.32. The van der Waals surface area contributed by atoms with E-state index >= 15 is 0 Å². The minimum Gasteiger partial charge on any atom is -0.462 e. The van der Waals surface area contributed by atoms with Crippen LogP contribution in [0.15, 0.2) is 48.5 Å². The Morgan fingerprint density at radius 2 is 0.868 bits per heavy atom. The summed E-state index contributed by atoms with van der Waals surface area (Å²) < 4.78 is 10.7. The first-order valence-corrected chi connectivity index (χ1v) is 14.2. The van der Waals surface area contributed by atoms with E-state index in [-0.39, 0.29) is 11.9 Å². The Morgan fingerprint density at radius 1 is 0.526 bits per heavy atom. The molecule has 0 aromatic heterocycles. The Bertz CT molecular complexity index is 986. The molecular weight excluding hydrogens is 472 g/mol. The Kier molecular flexibility index (Phi) is 15.8. The first-order chi connectivity index (χ1) is 18.6. The Morgan fingerprint density at radius 3 is 1.24 bits per heavy atom. The van der Waals surface area contributed by atoms with Gasteiger partial charge in [-0.05, 0) is 73.2 Å². The molecule has 4 nitrogen and oxygen atoms in total. The van der Waals surface area contributed by atoms with Gasteiger partial charge in [0.05, 0.1) is 24.3 Å². The normalized spacial score (nSPS) is 10.1. The van der Waals surface area contributed by atoms with Crippen LogP contribution in [0.5, 0.6) is 0 Å². The van der Waals surface area contributed by atoms with Gasteiger partial charge in [0.15, 0.2) is 0 Å². The van der Waals surface area contributed by atoms with Crippen molar-refractivity contribution in [3.8, 4) is 23.7 Å². The van der Waals surface area contributed by atoms with E-state index in [9.17, 15) is 9.59 Å². The van der Waals surface area contributed by atoms with Crippen LogP contribution in [0.1, 0.15) is 123 Å². The van der Waals surface area contributed by atoms with Crippen molar-refractivity contribution in [1.82, 2.24) is 0 Å². The highest BCUT2D eigenvalue weighted by Crippen LogP contribution is 2.09. The Hall–Kier alpha value is -3.50. The van der Waals surface area contributed by atoms with Crippen molar-refractivity contribution in [2.75, 3.05) is 13.2 Å². The number of ether oxygens (including phenoxy) is 2. The predicted molar refractivity (Wildman–Crippen MR) is 154 cm³/mol. The van der Waals surface area contributed by atoms with E-state index < -0.39 is 0 Å². The molecule has 0 radical (unpaired) electrons. The first kappa shape index (κ1) is 30.7.